The van der Waals surface area contributed by atoms with E-state index in [0.29, 0.717) is 43.4 Å². The first-order valence-electron chi connectivity index (χ1n) is 13.5. The Balaban J connectivity index is 1.63. The largest absolute Gasteiger partial charge is 0.497 e. The molecule has 9 nitrogen and oxygen atoms in total. The molecule has 1 aliphatic rings. The number of allylic oxidation sites excluding steroid dienone is 1. The van der Waals surface area contributed by atoms with E-state index in [0.717, 1.165) is 16.7 Å². The van der Waals surface area contributed by atoms with Crippen molar-refractivity contribution in [3.8, 4) is 17.2 Å². The van der Waals surface area contributed by atoms with Crippen LogP contribution in [0, 0.1) is 13.8 Å². The lowest BCUT2D eigenvalue weighted by Gasteiger charge is -2.25. The van der Waals surface area contributed by atoms with Gasteiger partial charge in [0, 0.05) is 12.6 Å². The van der Waals surface area contributed by atoms with E-state index in [-0.39, 0.29) is 17.2 Å². The Kier molecular flexibility index (Phi) is 8.31. The topological polar surface area (TPSA) is 108 Å². The molecule has 1 N–H and O–H groups in total. The highest BCUT2D eigenvalue weighted by molar-refractivity contribution is 7.07. The molecule has 1 amide bonds. The number of carbonyl (C=O) groups is 2. The Morgan fingerprint density at radius 3 is 2.35 bits per heavy atom. The van der Waals surface area contributed by atoms with Gasteiger partial charge in [0.1, 0.15) is 5.75 Å². The zero-order chi connectivity index (χ0) is 30.8. The van der Waals surface area contributed by atoms with Crippen LogP contribution in [0.1, 0.15) is 42.1 Å². The smallest absolute Gasteiger partial charge is 0.308 e. The fourth-order valence-electron chi connectivity index (χ4n) is 5.02. The van der Waals surface area contributed by atoms with Crippen LogP contribution in [0.25, 0.3) is 6.08 Å². The minimum Gasteiger partial charge on any atom is -0.497 e. The molecule has 4 aromatic rings. The van der Waals surface area contributed by atoms with Gasteiger partial charge in [-0.05, 0) is 73.9 Å². The Bertz CT molecular complexity index is 1950. The number of ether oxygens (including phenoxy) is 3. The molecule has 0 spiro atoms. The standard InChI is InChI=1S/C33H31N3O6S/c1-18-7-13-25(19(2)15-18)35-31(38)29-20(3)34-33-36(30(29)23-9-11-24(40-5)12-10-23)32(39)28(43-33)17-22-8-14-26(42-21(4)37)27(16-22)41-6/h7-17,30H,1-6H3,(H,35,38)/b28-17+/t30-/m1/s1. The number of aromatic nitrogens is 1. The molecule has 1 aliphatic heterocycles. The highest BCUT2D eigenvalue weighted by atomic mass is 32.1. The fourth-order valence-corrected chi connectivity index (χ4v) is 6.07. The second-order valence-corrected chi connectivity index (χ2v) is 11.1. The van der Waals surface area contributed by atoms with Gasteiger partial charge in [-0.3, -0.25) is 19.0 Å². The third kappa shape index (κ3) is 6.00. The van der Waals surface area contributed by atoms with E-state index in [4.69, 9.17) is 19.2 Å². The predicted octanol–water partition coefficient (Wildman–Crippen LogP) is 4.43. The minimum atomic E-state index is -0.726. The van der Waals surface area contributed by atoms with Gasteiger partial charge in [0.15, 0.2) is 16.3 Å². The van der Waals surface area contributed by atoms with E-state index in [1.165, 1.54) is 25.4 Å². The number of nitrogens with zero attached hydrogens (tertiary/aromatic N) is 2. The van der Waals surface area contributed by atoms with Crippen LogP contribution in [0.2, 0.25) is 0 Å². The molecule has 0 fully saturated rings. The lowest BCUT2D eigenvalue weighted by Crippen LogP contribution is -2.40. The second-order valence-electron chi connectivity index (χ2n) is 10.1. The van der Waals surface area contributed by atoms with Crippen molar-refractivity contribution < 1.29 is 23.8 Å². The van der Waals surface area contributed by atoms with Gasteiger partial charge >= 0.3 is 5.97 Å². The Morgan fingerprint density at radius 2 is 1.70 bits per heavy atom. The number of nitrogens with one attached hydrogen (secondary N) is 1. The molecular formula is C33H31N3O6S. The van der Waals surface area contributed by atoms with Gasteiger partial charge in [0.2, 0.25) is 0 Å². The number of hydrogen-bond acceptors (Lipinski definition) is 8. The Hall–Kier alpha value is -4.96. The molecule has 1 atom stereocenters. The van der Waals surface area contributed by atoms with Crippen molar-refractivity contribution in [1.29, 1.82) is 0 Å². The third-order valence-corrected chi connectivity index (χ3v) is 8.05. The van der Waals surface area contributed by atoms with Gasteiger partial charge in [0.25, 0.3) is 11.5 Å². The number of thiazole rings is 1. The summed E-state index contributed by atoms with van der Waals surface area (Å²) < 4.78 is 17.9. The van der Waals surface area contributed by atoms with Crippen molar-refractivity contribution in [3.05, 3.63) is 114 Å². The van der Waals surface area contributed by atoms with Crippen LogP contribution >= 0.6 is 11.3 Å². The molecule has 0 radical (unpaired) electrons. The van der Waals surface area contributed by atoms with E-state index in [2.05, 4.69) is 5.32 Å². The van der Waals surface area contributed by atoms with Crippen LogP contribution in [0.4, 0.5) is 5.69 Å². The number of esters is 1. The maximum atomic E-state index is 14.0. The summed E-state index contributed by atoms with van der Waals surface area (Å²) >= 11 is 1.23. The van der Waals surface area contributed by atoms with Crippen LogP contribution in [0.5, 0.6) is 17.2 Å². The highest BCUT2D eigenvalue weighted by Crippen LogP contribution is 2.32. The maximum absolute atomic E-state index is 14.0. The Labute approximate surface area is 252 Å². The molecule has 220 valence electrons. The van der Waals surface area contributed by atoms with E-state index in [1.54, 1.807) is 55.0 Å². The number of benzene rings is 3. The summed E-state index contributed by atoms with van der Waals surface area (Å²) in [6.45, 7) is 7.02. The first kappa shape index (κ1) is 29.5. The number of anilines is 1. The summed E-state index contributed by atoms with van der Waals surface area (Å²) in [6, 6.07) is 17.4. The van der Waals surface area contributed by atoms with Crippen molar-refractivity contribution in [3.63, 3.8) is 0 Å². The average Bonchev–Trinajstić information content (AvgIpc) is 3.28. The van der Waals surface area contributed by atoms with Crippen LogP contribution in [-0.4, -0.2) is 30.7 Å². The molecule has 10 heteroatoms. The lowest BCUT2D eigenvalue weighted by atomic mass is 9.95. The molecule has 2 heterocycles. The molecule has 0 bridgehead atoms. The molecule has 5 rings (SSSR count). The lowest BCUT2D eigenvalue weighted by molar-refractivity contribution is -0.132. The molecule has 43 heavy (non-hydrogen) atoms. The molecule has 1 aromatic heterocycles. The van der Waals surface area contributed by atoms with Gasteiger partial charge in [-0.2, -0.15) is 0 Å². The summed E-state index contributed by atoms with van der Waals surface area (Å²) in [6.07, 6.45) is 1.73. The van der Waals surface area contributed by atoms with Crippen molar-refractivity contribution in [2.24, 2.45) is 4.99 Å². The average molecular weight is 598 g/mol. The zero-order valence-electron chi connectivity index (χ0n) is 24.7. The molecule has 0 saturated heterocycles. The molecule has 0 unspecified atom stereocenters. The summed E-state index contributed by atoms with van der Waals surface area (Å²) in [4.78, 5) is 44.6. The van der Waals surface area contributed by atoms with Crippen molar-refractivity contribution in [2.75, 3.05) is 19.5 Å². The second kappa shape index (κ2) is 12.1. The van der Waals surface area contributed by atoms with Crippen LogP contribution in [0.3, 0.4) is 0 Å². The molecular weight excluding hydrogens is 566 g/mol. The minimum absolute atomic E-state index is 0.281. The van der Waals surface area contributed by atoms with Crippen molar-refractivity contribution in [2.45, 2.75) is 33.7 Å². The van der Waals surface area contributed by atoms with Crippen LogP contribution in [0.15, 0.2) is 81.7 Å². The van der Waals surface area contributed by atoms with Gasteiger partial charge in [0.05, 0.1) is 36.1 Å². The first-order valence-corrected chi connectivity index (χ1v) is 14.3. The van der Waals surface area contributed by atoms with Gasteiger partial charge in [-0.25, -0.2) is 4.99 Å². The van der Waals surface area contributed by atoms with E-state index < -0.39 is 12.0 Å². The SMILES string of the molecule is COc1ccc([C@@H]2C(C(=O)Nc3ccc(C)cc3C)=C(C)N=c3s/c(=C/c4ccc(OC(C)=O)c(OC)c4)c(=O)n32)cc1. The Morgan fingerprint density at radius 1 is 0.953 bits per heavy atom. The molecule has 3 aromatic carbocycles. The fraction of sp³-hybridized carbons (Fsp3) is 0.212. The predicted molar refractivity (Wildman–Crippen MR) is 166 cm³/mol. The summed E-state index contributed by atoms with van der Waals surface area (Å²) in [5, 5.41) is 3.04. The van der Waals surface area contributed by atoms with E-state index >= 15 is 0 Å². The van der Waals surface area contributed by atoms with Gasteiger partial charge in [-0.15, -0.1) is 0 Å². The highest BCUT2D eigenvalue weighted by Gasteiger charge is 2.32. The number of hydrogen-bond donors (Lipinski definition) is 1. The number of amides is 1. The number of carbonyl (C=O) groups excluding carboxylic acids is 2. The monoisotopic (exact) mass is 597 g/mol. The van der Waals surface area contributed by atoms with Crippen LogP contribution in [-0.2, 0) is 9.59 Å². The summed E-state index contributed by atoms with van der Waals surface area (Å²) in [5.74, 6) is 0.487. The van der Waals surface area contributed by atoms with Crippen molar-refractivity contribution >= 4 is 35.0 Å². The maximum Gasteiger partial charge on any atom is 0.308 e. The number of methoxy groups -OCH3 is 2. The van der Waals surface area contributed by atoms with Crippen LogP contribution < -0.4 is 34.4 Å². The summed E-state index contributed by atoms with van der Waals surface area (Å²) in [7, 11) is 3.06. The van der Waals surface area contributed by atoms with E-state index in [9.17, 15) is 14.4 Å². The quantitative estimate of drug-likeness (QED) is 0.250. The third-order valence-electron chi connectivity index (χ3n) is 7.07. The number of aryl methyl sites for hydroxylation is 2. The zero-order valence-corrected chi connectivity index (χ0v) is 25.5. The van der Waals surface area contributed by atoms with Crippen molar-refractivity contribution in [1.82, 2.24) is 4.57 Å². The molecule has 0 aliphatic carbocycles. The number of rotatable bonds is 7. The van der Waals surface area contributed by atoms with Gasteiger partial charge < -0.3 is 19.5 Å². The summed E-state index contributed by atoms with van der Waals surface area (Å²) in [5.41, 5.74) is 4.71. The number of fused-ring (bicyclic) bond motifs is 1. The first-order chi connectivity index (χ1) is 20.6. The van der Waals surface area contributed by atoms with Gasteiger partial charge in [-0.1, -0.05) is 47.2 Å². The molecule has 0 saturated carbocycles. The normalized spacial score (nSPS) is 14.6. The van der Waals surface area contributed by atoms with E-state index in [1.807, 2.05) is 44.2 Å².